The number of hydrogen-bond acceptors (Lipinski definition) is 3. The summed E-state index contributed by atoms with van der Waals surface area (Å²) in [5, 5.41) is 7.77. The summed E-state index contributed by atoms with van der Waals surface area (Å²) >= 11 is 0. The summed E-state index contributed by atoms with van der Waals surface area (Å²) < 4.78 is 15.7. The molecule has 4 heteroatoms. The molecular weight excluding hydrogens is 576 g/mol. The minimum absolute atomic E-state index is 0.856. The number of para-hydroxylation sites is 4. The topological polar surface area (TPSA) is 33.9 Å². The van der Waals surface area contributed by atoms with Crippen LogP contribution < -0.4 is 4.90 Å². The Morgan fingerprint density at radius 1 is 0.426 bits per heavy atom. The van der Waals surface area contributed by atoms with E-state index < -0.39 is 0 Å². The van der Waals surface area contributed by atoms with Crippen molar-refractivity contribution in [2.45, 2.75) is 6.92 Å². The van der Waals surface area contributed by atoms with E-state index in [0.29, 0.717) is 0 Å². The van der Waals surface area contributed by atoms with Gasteiger partial charge < -0.3 is 18.1 Å². The Kier molecular flexibility index (Phi) is 5.46. The summed E-state index contributed by atoms with van der Waals surface area (Å²) in [5.41, 5.74) is 9.94. The SMILES string of the molecule is Cc1c2oc3ccccc3c2cccc2cc(N(c3ccccc3)c3ccccc3)cc3c4ccc5c6ccccc6oc5c4n1c23. The Hall–Kier alpha value is -6.26. The predicted molar refractivity (Wildman–Crippen MR) is 195 cm³/mol. The number of hydrogen-bond donors (Lipinski definition) is 0. The van der Waals surface area contributed by atoms with Crippen molar-refractivity contribution < 1.29 is 8.83 Å². The summed E-state index contributed by atoms with van der Waals surface area (Å²) in [4.78, 5) is 2.33. The lowest BCUT2D eigenvalue weighted by molar-refractivity contribution is 0.661. The standard InChI is InChI=1S/C43H28N2O2/c1-27-42-35(32-18-8-10-21-38(32)46-42)20-12-13-28-25-31(45(29-14-4-2-5-15-29)30-16-6-3-7-17-30)26-37-34-23-24-36-33-19-9-11-22-39(33)47-43(36)41(34)44(27)40(28)37/h2-26H,1H3. The van der Waals surface area contributed by atoms with Gasteiger partial charge in [0.1, 0.15) is 11.2 Å². The molecule has 0 fully saturated rings. The fourth-order valence-corrected chi connectivity index (χ4v) is 7.46. The Morgan fingerprint density at radius 2 is 0.979 bits per heavy atom. The lowest BCUT2D eigenvalue weighted by Gasteiger charge is -2.25. The number of fused-ring (bicyclic) bond motifs is 10. The van der Waals surface area contributed by atoms with E-state index in [0.717, 1.165) is 93.8 Å². The maximum absolute atomic E-state index is 6.72. The van der Waals surface area contributed by atoms with Gasteiger partial charge in [0.25, 0.3) is 0 Å². The Bertz CT molecular complexity index is 2820. The zero-order valence-electron chi connectivity index (χ0n) is 25.6. The van der Waals surface area contributed by atoms with Gasteiger partial charge in [-0.15, -0.1) is 0 Å². The molecular formula is C43H28N2O2. The van der Waals surface area contributed by atoms with Crippen LogP contribution in [0.1, 0.15) is 5.69 Å². The molecule has 0 radical (unpaired) electrons. The van der Waals surface area contributed by atoms with Crippen molar-refractivity contribution in [3.63, 3.8) is 0 Å². The normalized spacial score (nSPS) is 11.9. The van der Waals surface area contributed by atoms with Crippen molar-refractivity contribution >= 4 is 88.1 Å². The number of rotatable bonds is 3. The first kappa shape index (κ1) is 26.0. The van der Waals surface area contributed by atoms with E-state index in [2.05, 4.69) is 150 Å². The van der Waals surface area contributed by atoms with Gasteiger partial charge >= 0.3 is 0 Å². The van der Waals surface area contributed by atoms with E-state index in [1.165, 1.54) is 0 Å². The van der Waals surface area contributed by atoms with Gasteiger partial charge in [0.15, 0.2) is 11.2 Å². The first-order valence-electron chi connectivity index (χ1n) is 15.9. The summed E-state index contributed by atoms with van der Waals surface area (Å²) in [6.45, 7) is 2.17. The molecule has 0 amide bonds. The highest BCUT2D eigenvalue weighted by molar-refractivity contribution is 6.24. The first-order chi connectivity index (χ1) is 23.2. The van der Waals surface area contributed by atoms with Crippen molar-refractivity contribution in [2.75, 3.05) is 4.90 Å². The highest BCUT2D eigenvalue weighted by atomic mass is 16.3. The molecule has 10 rings (SSSR count). The molecule has 222 valence electrons. The van der Waals surface area contributed by atoms with E-state index in [1.807, 2.05) is 18.2 Å². The number of furan rings is 2. The van der Waals surface area contributed by atoms with Crippen molar-refractivity contribution in [1.29, 1.82) is 0 Å². The number of aryl methyl sites for hydroxylation is 1. The lowest BCUT2D eigenvalue weighted by Crippen LogP contribution is -2.09. The van der Waals surface area contributed by atoms with Crippen LogP contribution in [0.3, 0.4) is 0 Å². The fraction of sp³-hybridized carbons (Fsp3) is 0.0233. The van der Waals surface area contributed by atoms with Crippen molar-refractivity contribution in [1.82, 2.24) is 4.40 Å². The van der Waals surface area contributed by atoms with Gasteiger partial charge in [-0.1, -0.05) is 97.1 Å². The van der Waals surface area contributed by atoms with Gasteiger partial charge in [0.2, 0.25) is 0 Å². The molecule has 0 unspecified atom stereocenters. The van der Waals surface area contributed by atoms with Crippen LogP contribution in [0.4, 0.5) is 17.1 Å². The number of anilines is 3. The molecule has 0 saturated heterocycles. The Labute approximate surface area is 269 Å². The van der Waals surface area contributed by atoms with E-state index >= 15 is 0 Å². The van der Waals surface area contributed by atoms with Gasteiger partial charge in [-0.05, 0) is 61.5 Å². The summed E-state index contributed by atoms with van der Waals surface area (Å²) in [6.07, 6.45) is 0. The number of benzene rings is 6. The van der Waals surface area contributed by atoms with Gasteiger partial charge in [-0.25, -0.2) is 0 Å². The molecule has 4 aromatic heterocycles. The second kappa shape index (κ2) is 9.87. The molecule has 4 nitrogen and oxygen atoms in total. The van der Waals surface area contributed by atoms with Gasteiger partial charge in [-0.3, -0.25) is 0 Å². The zero-order chi connectivity index (χ0) is 31.1. The zero-order valence-corrected chi connectivity index (χ0v) is 25.6. The average Bonchev–Trinajstić information content (AvgIpc) is 3.79. The molecule has 10 aromatic rings. The number of nitrogens with zero attached hydrogens (tertiary/aromatic N) is 2. The van der Waals surface area contributed by atoms with Crippen LogP contribution in [0.15, 0.2) is 160 Å². The number of aromatic nitrogens is 1. The Morgan fingerprint density at radius 3 is 1.66 bits per heavy atom. The summed E-state index contributed by atoms with van der Waals surface area (Å²) in [5.74, 6) is 0. The minimum Gasteiger partial charge on any atom is -0.454 e. The van der Waals surface area contributed by atoms with Crippen molar-refractivity contribution in [2.24, 2.45) is 0 Å². The van der Waals surface area contributed by atoms with Gasteiger partial charge in [-0.2, -0.15) is 0 Å². The third-order valence-corrected chi connectivity index (χ3v) is 9.51. The predicted octanol–water partition coefficient (Wildman–Crippen LogP) is 12.4. The monoisotopic (exact) mass is 604 g/mol. The largest absolute Gasteiger partial charge is 0.454 e. The molecule has 0 aliphatic rings. The lowest BCUT2D eigenvalue weighted by atomic mass is 10.1. The van der Waals surface area contributed by atoms with Crippen molar-refractivity contribution in [3.05, 3.63) is 157 Å². The third kappa shape index (κ3) is 3.76. The van der Waals surface area contributed by atoms with Gasteiger partial charge in [0, 0.05) is 54.8 Å². The van der Waals surface area contributed by atoms with Crippen molar-refractivity contribution in [3.8, 4) is 0 Å². The van der Waals surface area contributed by atoms with Gasteiger partial charge in [0.05, 0.1) is 16.7 Å². The second-order valence-corrected chi connectivity index (χ2v) is 12.2. The van der Waals surface area contributed by atoms with E-state index in [4.69, 9.17) is 8.83 Å². The van der Waals surface area contributed by atoms with Crippen LogP contribution >= 0.6 is 0 Å². The van der Waals surface area contributed by atoms with Crippen LogP contribution in [-0.2, 0) is 0 Å². The second-order valence-electron chi connectivity index (χ2n) is 12.2. The molecule has 0 atom stereocenters. The van der Waals surface area contributed by atoms with Crippen LogP contribution in [0, 0.1) is 6.92 Å². The van der Waals surface area contributed by atoms with Crippen LogP contribution in [-0.4, -0.2) is 4.40 Å². The van der Waals surface area contributed by atoms with Crippen LogP contribution in [0.25, 0.3) is 71.1 Å². The third-order valence-electron chi connectivity index (χ3n) is 9.51. The highest BCUT2D eigenvalue weighted by Gasteiger charge is 2.22. The minimum atomic E-state index is 0.856. The van der Waals surface area contributed by atoms with Crippen LogP contribution in [0.5, 0.6) is 0 Å². The molecule has 0 aliphatic heterocycles. The molecule has 0 spiro atoms. The van der Waals surface area contributed by atoms with E-state index in [1.54, 1.807) is 0 Å². The molecule has 0 saturated carbocycles. The first-order valence-corrected chi connectivity index (χ1v) is 15.9. The maximum atomic E-state index is 6.72. The molecule has 47 heavy (non-hydrogen) atoms. The molecule has 0 aliphatic carbocycles. The maximum Gasteiger partial charge on any atom is 0.160 e. The average molecular weight is 605 g/mol. The fourth-order valence-electron chi connectivity index (χ4n) is 7.46. The Balaban J connectivity index is 1.43. The van der Waals surface area contributed by atoms with E-state index in [9.17, 15) is 0 Å². The summed E-state index contributed by atoms with van der Waals surface area (Å²) in [7, 11) is 0. The quantitative estimate of drug-likeness (QED) is 0.201. The molecule has 0 bridgehead atoms. The van der Waals surface area contributed by atoms with Crippen LogP contribution in [0.2, 0.25) is 0 Å². The molecule has 0 N–H and O–H groups in total. The van der Waals surface area contributed by atoms with E-state index in [-0.39, 0.29) is 0 Å². The molecule has 6 aromatic carbocycles. The highest BCUT2D eigenvalue weighted by Crippen LogP contribution is 2.44. The molecule has 4 heterocycles. The summed E-state index contributed by atoms with van der Waals surface area (Å²) in [6, 6.07) is 53.4. The smallest absolute Gasteiger partial charge is 0.160 e.